The molecule has 1 unspecified atom stereocenters. The molecule has 3 heterocycles. The molecular weight excluding hydrogens is 466 g/mol. The van der Waals surface area contributed by atoms with Gasteiger partial charge in [-0.1, -0.05) is 29.4 Å². The molecule has 8 heteroatoms. The maximum Gasteiger partial charge on any atom is 0.276 e. The van der Waals surface area contributed by atoms with Crippen molar-refractivity contribution in [1.29, 1.82) is 5.26 Å². The normalized spacial score (nSPS) is 17.1. The van der Waals surface area contributed by atoms with Gasteiger partial charge in [0.05, 0.1) is 24.3 Å². The molecule has 2 aliphatic heterocycles. The molecule has 2 aliphatic rings. The maximum atomic E-state index is 12.8. The second kappa shape index (κ2) is 11.6. The van der Waals surface area contributed by atoms with E-state index in [9.17, 15) is 4.79 Å². The number of benzene rings is 2. The Morgan fingerprint density at radius 1 is 1.05 bits per heavy atom. The van der Waals surface area contributed by atoms with Gasteiger partial charge in [0.15, 0.2) is 5.69 Å². The molecule has 192 valence electrons. The van der Waals surface area contributed by atoms with Crippen molar-refractivity contribution in [2.24, 2.45) is 0 Å². The number of carbonyl (C=O) groups is 1. The van der Waals surface area contributed by atoms with Crippen LogP contribution in [0.1, 0.15) is 51.9 Å². The van der Waals surface area contributed by atoms with Crippen LogP contribution in [0.15, 0.2) is 59.1 Å². The maximum absolute atomic E-state index is 12.8. The first-order valence-corrected chi connectivity index (χ1v) is 13.0. The zero-order chi connectivity index (χ0) is 25.6. The minimum atomic E-state index is -0.112. The van der Waals surface area contributed by atoms with Gasteiger partial charge in [0.1, 0.15) is 5.76 Å². The van der Waals surface area contributed by atoms with E-state index in [1.54, 1.807) is 13.0 Å². The first kappa shape index (κ1) is 25.0. The van der Waals surface area contributed by atoms with Crippen LogP contribution in [0.2, 0.25) is 0 Å². The largest absolute Gasteiger partial charge is 0.372 e. The summed E-state index contributed by atoms with van der Waals surface area (Å²) in [6.45, 7) is 8.01. The van der Waals surface area contributed by atoms with Crippen LogP contribution in [-0.2, 0) is 11.3 Å². The van der Waals surface area contributed by atoms with Crippen LogP contribution in [0.5, 0.6) is 0 Å². The van der Waals surface area contributed by atoms with Crippen molar-refractivity contribution >= 4 is 11.6 Å². The van der Waals surface area contributed by atoms with Gasteiger partial charge in [-0.15, -0.1) is 0 Å². The smallest absolute Gasteiger partial charge is 0.276 e. The second-order valence-electron chi connectivity index (χ2n) is 9.81. The molecule has 0 saturated carbocycles. The van der Waals surface area contributed by atoms with Crippen LogP contribution >= 0.6 is 0 Å². The lowest BCUT2D eigenvalue weighted by Gasteiger charge is -2.36. The third-order valence-electron chi connectivity index (χ3n) is 7.18. The molecule has 1 amide bonds. The molecule has 0 N–H and O–H groups in total. The van der Waals surface area contributed by atoms with Crippen molar-refractivity contribution in [3.8, 4) is 6.07 Å². The van der Waals surface area contributed by atoms with E-state index in [0.29, 0.717) is 36.7 Å². The van der Waals surface area contributed by atoms with E-state index in [1.807, 2.05) is 29.2 Å². The Morgan fingerprint density at radius 2 is 1.81 bits per heavy atom. The zero-order valence-corrected chi connectivity index (χ0v) is 21.3. The van der Waals surface area contributed by atoms with Crippen molar-refractivity contribution in [3.05, 3.63) is 82.7 Å². The summed E-state index contributed by atoms with van der Waals surface area (Å²) in [6, 6.07) is 20.1. The monoisotopic (exact) mass is 499 g/mol. The van der Waals surface area contributed by atoms with Crippen LogP contribution < -0.4 is 4.90 Å². The highest BCUT2D eigenvalue weighted by Crippen LogP contribution is 2.28. The van der Waals surface area contributed by atoms with Gasteiger partial charge in [-0.25, -0.2) is 0 Å². The minimum Gasteiger partial charge on any atom is -0.372 e. The Hall–Kier alpha value is -3.67. The molecule has 0 bridgehead atoms. The fourth-order valence-electron chi connectivity index (χ4n) is 5.02. The van der Waals surface area contributed by atoms with E-state index in [0.717, 1.165) is 43.9 Å². The van der Waals surface area contributed by atoms with Crippen molar-refractivity contribution in [2.45, 2.75) is 32.5 Å². The van der Waals surface area contributed by atoms with E-state index >= 15 is 0 Å². The van der Waals surface area contributed by atoms with Crippen LogP contribution in [-0.4, -0.2) is 66.7 Å². The molecule has 0 aliphatic carbocycles. The molecule has 0 radical (unpaired) electrons. The summed E-state index contributed by atoms with van der Waals surface area (Å²) in [5.41, 5.74) is 4.47. The Balaban J connectivity index is 1.26. The molecule has 37 heavy (non-hydrogen) atoms. The summed E-state index contributed by atoms with van der Waals surface area (Å²) >= 11 is 0. The van der Waals surface area contributed by atoms with Gasteiger partial charge in [0.2, 0.25) is 0 Å². The number of ether oxygens (including phenoxy) is 1. The fourth-order valence-corrected chi connectivity index (χ4v) is 5.02. The molecule has 3 aromatic rings. The van der Waals surface area contributed by atoms with Crippen LogP contribution in [0, 0.1) is 18.3 Å². The summed E-state index contributed by atoms with van der Waals surface area (Å²) in [5.74, 6) is 0.559. The van der Waals surface area contributed by atoms with Gasteiger partial charge >= 0.3 is 0 Å². The van der Waals surface area contributed by atoms with Crippen LogP contribution in [0.4, 0.5) is 5.69 Å². The van der Waals surface area contributed by atoms with Crippen molar-refractivity contribution in [3.63, 3.8) is 0 Å². The molecule has 2 saturated heterocycles. The minimum absolute atomic E-state index is 0.0802. The zero-order valence-electron chi connectivity index (χ0n) is 21.3. The van der Waals surface area contributed by atoms with E-state index in [2.05, 4.69) is 45.3 Å². The third kappa shape index (κ3) is 6.19. The van der Waals surface area contributed by atoms with Crippen molar-refractivity contribution in [1.82, 2.24) is 15.0 Å². The number of anilines is 1. The summed E-state index contributed by atoms with van der Waals surface area (Å²) in [7, 11) is 0. The number of hydrogen-bond donors (Lipinski definition) is 0. The molecule has 2 aromatic carbocycles. The quantitative estimate of drug-likeness (QED) is 0.460. The van der Waals surface area contributed by atoms with E-state index in [4.69, 9.17) is 14.5 Å². The number of carbonyl (C=O) groups excluding carboxylic acids is 1. The highest BCUT2D eigenvalue weighted by molar-refractivity contribution is 5.92. The standard InChI is InChI=1S/C29H33N5O3/c1-22-17-27(31-37-22)29(35)34-15-13-32(14-16-34)20-28(36-21-24-9-7-23(19-30)8-10-24)25-5-4-6-26(18-25)33-11-2-3-12-33/h4-10,17-18,28H,2-3,11-16,20-21H2,1H3. The highest BCUT2D eigenvalue weighted by Gasteiger charge is 2.27. The predicted octanol–water partition coefficient (Wildman–Crippen LogP) is 4.17. The molecule has 2 fully saturated rings. The molecular formula is C29H33N5O3. The number of hydrogen-bond acceptors (Lipinski definition) is 7. The topological polar surface area (TPSA) is 85.8 Å². The highest BCUT2D eigenvalue weighted by atomic mass is 16.5. The lowest BCUT2D eigenvalue weighted by molar-refractivity contribution is 0.00334. The summed E-state index contributed by atoms with van der Waals surface area (Å²) in [6.07, 6.45) is 2.36. The summed E-state index contributed by atoms with van der Waals surface area (Å²) < 4.78 is 11.6. The Morgan fingerprint density at radius 3 is 2.49 bits per heavy atom. The number of piperazine rings is 1. The average Bonchev–Trinajstić information content (AvgIpc) is 3.64. The fraction of sp³-hybridized carbons (Fsp3) is 0.414. The van der Waals surface area contributed by atoms with Gasteiger partial charge in [-0.2, -0.15) is 5.26 Å². The number of rotatable bonds is 8. The molecule has 1 aromatic heterocycles. The molecule has 5 rings (SSSR count). The first-order valence-electron chi connectivity index (χ1n) is 13.0. The Bertz CT molecular complexity index is 1230. The second-order valence-corrected chi connectivity index (χ2v) is 9.81. The number of aryl methyl sites for hydroxylation is 1. The first-order chi connectivity index (χ1) is 18.1. The Labute approximate surface area is 218 Å². The van der Waals surface area contributed by atoms with Crippen molar-refractivity contribution < 1.29 is 14.1 Å². The van der Waals surface area contributed by atoms with E-state index in [-0.39, 0.29) is 12.0 Å². The van der Waals surface area contributed by atoms with Crippen molar-refractivity contribution in [2.75, 3.05) is 50.7 Å². The average molecular weight is 500 g/mol. The lowest BCUT2D eigenvalue weighted by Crippen LogP contribution is -2.49. The van der Waals surface area contributed by atoms with Gasteiger partial charge in [0, 0.05) is 57.6 Å². The van der Waals surface area contributed by atoms with E-state index < -0.39 is 0 Å². The number of aromatic nitrogens is 1. The summed E-state index contributed by atoms with van der Waals surface area (Å²) in [4.78, 5) is 19.4. The lowest BCUT2D eigenvalue weighted by atomic mass is 10.1. The summed E-state index contributed by atoms with van der Waals surface area (Å²) in [5, 5.41) is 13.0. The van der Waals surface area contributed by atoms with Gasteiger partial charge in [-0.3, -0.25) is 9.69 Å². The molecule has 1 atom stereocenters. The molecule has 0 spiro atoms. The predicted molar refractivity (Wildman–Crippen MR) is 140 cm³/mol. The van der Waals surface area contributed by atoms with Gasteiger partial charge in [-0.05, 0) is 55.2 Å². The van der Waals surface area contributed by atoms with Crippen LogP contribution in [0.25, 0.3) is 0 Å². The number of nitrogens with zero attached hydrogens (tertiary/aromatic N) is 5. The number of amides is 1. The number of nitriles is 1. The van der Waals surface area contributed by atoms with E-state index in [1.165, 1.54) is 18.5 Å². The SMILES string of the molecule is Cc1cc(C(=O)N2CCN(CC(OCc3ccc(C#N)cc3)c3cccc(N4CCCC4)c3)CC2)no1. The third-order valence-corrected chi connectivity index (χ3v) is 7.18. The van der Waals surface area contributed by atoms with Crippen LogP contribution in [0.3, 0.4) is 0 Å². The van der Waals surface area contributed by atoms with Gasteiger partial charge < -0.3 is 19.1 Å². The molecule has 8 nitrogen and oxygen atoms in total. The van der Waals surface area contributed by atoms with Gasteiger partial charge in [0.25, 0.3) is 5.91 Å². The Kier molecular flexibility index (Phi) is 7.83.